The third kappa shape index (κ3) is 4.43. The Morgan fingerprint density at radius 2 is 1.45 bits per heavy atom. The maximum Gasteiger partial charge on any atom is 0.416 e. The second kappa shape index (κ2) is 5.72. The summed E-state index contributed by atoms with van der Waals surface area (Å²) in [4.78, 5) is 11.3. The summed E-state index contributed by atoms with van der Waals surface area (Å²) in [6, 6.07) is 0.959. The SMILES string of the molecule is CCCC(=O)Nc1cc(C(F)(F)F)cc(C(F)(F)F)c1. The lowest BCUT2D eigenvalue weighted by Crippen LogP contribution is -2.15. The Morgan fingerprint density at radius 1 is 1.00 bits per heavy atom. The number of alkyl halides is 6. The lowest BCUT2D eigenvalue weighted by molar-refractivity contribution is -0.143. The lowest BCUT2D eigenvalue weighted by Gasteiger charge is -2.14. The van der Waals surface area contributed by atoms with Crippen LogP contribution in [0.5, 0.6) is 0 Å². The predicted octanol–water partition coefficient (Wildman–Crippen LogP) is 4.46. The normalized spacial score (nSPS) is 12.3. The van der Waals surface area contributed by atoms with Crippen LogP contribution in [0.2, 0.25) is 0 Å². The number of anilines is 1. The third-order valence-corrected chi connectivity index (χ3v) is 2.35. The van der Waals surface area contributed by atoms with Gasteiger partial charge in [-0.2, -0.15) is 26.3 Å². The van der Waals surface area contributed by atoms with E-state index in [4.69, 9.17) is 0 Å². The second-order valence-corrected chi connectivity index (χ2v) is 4.09. The van der Waals surface area contributed by atoms with Gasteiger partial charge in [-0.1, -0.05) is 6.92 Å². The van der Waals surface area contributed by atoms with Crippen molar-refractivity contribution < 1.29 is 31.1 Å². The largest absolute Gasteiger partial charge is 0.416 e. The van der Waals surface area contributed by atoms with Gasteiger partial charge in [0.1, 0.15) is 0 Å². The van der Waals surface area contributed by atoms with E-state index in [-0.39, 0.29) is 12.5 Å². The van der Waals surface area contributed by atoms with Crippen LogP contribution in [0.3, 0.4) is 0 Å². The number of carbonyl (C=O) groups is 1. The van der Waals surface area contributed by atoms with Crippen LogP contribution in [0, 0.1) is 0 Å². The molecule has 0 aliphatic carbocycles. The molecule has 0 atom stereocenters. The minimum Gasteiger partial charge on any atom is -0.326 e. The molecule has 2 nitrogen and oxygen atoms in total. The van der Waals surface area contributed by atoms with E-state index in [1.165, 1.54) is 0 Å². The van der Waals surface area contributed by atoms with Crippen molar-refractivity contribution in [2.45, 2.75) is 32.1 Å². The highest BCUT2D eigenvalue weighted by atomic mass is 19.4. The number of amides is 1. The first-order valence-corrected chi connectivity index (χ1v) is 5.63. The molecule has 0 aromatic heterocycles. The van der Waals surface area contributed by atoms with Crippen molar-refractivity contribution in [3.8, 4) is 0 Å². The number of hydrogen-bond donors (Lipinski definition) is 1. The Hall–Kier alpha value is -1.73. The molecule has 1 aromatic rings. The van der Waals surface area contributed by atoms with Gasteiger partial charge in [0.15, 0.2) is 0 Å². The van der Waals surface area contributed by atoms with E-state index in [1.54, 1.807) is 6.92 Å². The monoisotopic (exact) mass is 299 g/mol. The summed E-state index contributed by atoms with van der Waals surface area (Å²) in [6.07, 6.45) is -9.41. The van der Waals surface area contributed by atoms with Crippen LogP contribution in [-0.4, -0.2) is 5.91 Å². The molecule has 0 aliphatic heterocycles. The molecule has 112 valence electrons. The number of benzene rings is 1. The number of nitrogens with one attached hydrogen (secondary N) is 1. The van der Waals surface area contributed by atoms with Crippen LogP contribution >= 0.6 is 0 Å². The molecule has 0 spiro atoms. The predicted molar refractivity (Wildman–Crippen MR) is 60.0 cm³/mol. The van der Waals surface area contributed by atoms with Gasteiger partial charge in [-0.05, 0) is 24.6 Å². The quantitative estimate of drug-likeness (QED) is 0.820. The van der Waals surface area contributed by atoms with Crippen LogP contribution in [0.1, 0.15) is 30.9 Å². The minimum atomic E-state index is -4.93. The topological polar surface area (TPSA) is 29.1 Å². The molecule has 0 saturated carbocycles. The Labute approximate surface area is 110 Å². The maximum atomic E-state index is 12.5. The molecule has 1 aromatic carbocycles. The fraction of sp³-hybridized carbons (Fsp3) is 0.417. The van der Waals surface area contributed by atoms with E-state index in [2.05, 4.69) is 0 Å². The molecule has 8 heteroatoms. The van der Waals surface area contributed by atoms with Gasteiger partial charge in [-0.25, -0.2) is 0 Å². The highest BCUT2D eigenvalue weighted by molar-refractivity contribution is 5.90. The zero-order valence-electron chi connectivity index (χ0n) is 10.3. The van der Waals surface area contributed by atoms with E-state index in [9.17, 15) is 31.1 Å². The van der Waals surface area contributed by atoms with Gasteiger partial charge in [0.25, 0.3) is 0 Å². The zero-order chi connectivity index (χ0) is 15.6. The Morgan fingerprint density at radius 3 is 1.80 bits per heavy atom. The molecule has 0 bridgehead atoms. The molecule has 0 saturated heterocycles. The van der Waals surface area contributed by atoms with Crippen molar-refractivity contribution in [1.29, 1.82) is 0 Å². The molecule has 1 N–H and O–H groups in total. The van der Waals surface area contributed by atoms with Gasteiger partial charge in [0.2, 0.25) is 5.91 Å². The molecule has 0 fully saturated rings. The van der Waals surface area contributed by atoms with Crippen LogP contribution in [-0.2, 0) is 17.1 Å². The molecular weight excluding hydrogens is 288 g/mol. The summed E-state index contributed by atoms with van der Waals surface area (Å²) in [7, 11) is 0. The number of rotatable bonds is 3. The maximum absolute atomic E-state index is 12.5. The van der Waals surface area contributed by atoms with Crippen LogP contribution in [0.25, 0.3) is 0 Å². The van der Waals surface area contributed by atoms with Crippen molar-refractivity contribution in [2.75, 3.05) is 5.32 Å². The Bertz CT molecular complexity index is 459. The molecule has 0 radical (unpaired) electrons. The highest BCUT2D eigenvalue weighted by Crippen LogP contribution is 2.37. The third-order valence-electron chi connectivity index (χ3n) is 2.35. The molecule has 1 rings (SSSR count). The van der Waals surface area contributed by atoms with Gasteiger partial charge >= 0.3 is 12.4 Å². The molecule has 20 heavy (non-hydrogen) atoms. The summed E-state index contributed by atoms with van der Waals surface area (Å²) >= 11 is 0. The fourth-order valence-electron chi connectivity index (χ4n) is 1.48. The van der Waals surface area contributed by atoms with Gasteiger partial charge < -0.3 is 5.32 Å². The summed E-state index contributed by atoms with van der Waals surface area (Å²) in [5, 5.41) is 2.03. The van der Waals surface area contributed by atoms with E-state index < -0.39 is 35.1 Å². The zero-order valence-corrected chi connectivity index (χ0v) is 10.3. The van der Waals surface area contributed by atoms with E-state index in [0.717, 1.165) is 0 Å². The van der Waals surface area contributed by atoms with Crippen molar-refractivity contribution in [1.82, 2.24) is 0 Å². The molecule has 0 unspecified atom stereocenters. The first-order chi connectivity index (χ1) is 9.04. The van der Waals surface area contributed by atoms with Crippen molar-refractivity contribution in [2.24, 2.45) is 0 Å². The summed E-state index contributed by atoms with van der Waals surface area (Å²) in [5.74, 6) is -0.639. The minimum absolute atomic E-state index is 0.00940. The van der Waals surface area contributed by atoms with Gasteiger partial charge in [0.05, 0.1) is 11.1 Å². The van der Waals surface area contributed by atoms with E-state index in [0.29, 0.717) is 18.6 Å². The van der Waals surface area contributed by atoms with Crippen LogP contribution < -0.4 is 5.32 Å². The number of halogens is 6. The first kappa shape index (κ1) is 16.3. The van der Waals surface area contributed by atoms with Crippen LogP contribution in [0.15, 0.2) is 18.2 Å². The van der Waals surface area contributed by atoms with Crippen molar-refractivity contribution in [3.63, 3.8) is 0 Å². The van der Waals surface area contributed by atoms with Crippen molar-refractivity contribution in [3.05, 3.63) is 29.3 Å². The second-order valence-electron chi connectivity index (χ2n) is 4.09. The summed E-state index contributed by atoms with van der Waals surface area (Å²) in [6.45, 7) is 1.66. The fourth-order valence-corrected chi connectivity index (χ4v) is 1.48. The van der Waals surface area contributed by atoms with E-state index in [1.807, 2.05) is 5.32 Å². The van der Waals surface area contributed by atoms with Gasteiger partial charge in [-0.3, -0.25) is 4.79 Å². The summed E-state index contributed by atoms with van der Waals surface area (Å²) < 4.78 is 75.2. The average molecular weight is 299 g/mol. The Kier molecular flexibility index (Phi) is 4.67. The van der Waals surface area contributed by atoms with Gasteiger partial charge in [0, 0.05) is 12.1 Å². The average Bonchev–Trinajstić information content (AvgIpc) is 2.26. The lowest BCUT2D eigenvalue weighted by atomic mass is 10.1. The molecule has 0 heterocycles. The Balaban J connectivity index is 3.21. The molecule has 1 amide bonds. The number of carbonyl (C=O) groups excluding carboxylic acids is 1. The van der Waals surface area contributed by atoms with Crippen molar-refractivity contribution >= 4 is 11.6 Å². The van der Waals surface area contributed by atoms with Crippen LogP contribution in [0.4, 0.5) is 32.0 Å². The number of hydrogen-bond acceptors (Lipinski definition) is 1. The smallest absolute Gasteiger partial charge is 0.326 e. The van der Waals surface area contributed by atoms with Gasteiger partial charge in [-0.15, -0.1) is 0 Å². The summed E-state index contributed by atoms with van der Waals surface area (Å²) in [5.41, 5.74) is -3.44. The standard InChI is InChI=1S/C12H11F6NO/c1-2-3-10(20)19-9-5-7(11(13,14)15)4-8(6-9)12(16,17)18/h4-6H,2-3H2,1H3,(H,19,20). The molecule has 0 aliphatic rings. The molecular formula is C12H11F6NO. The highest BCUT2D eigenvalue weighted by Gasteiger charge is 2.37. The first-order valence-electron chi connectivity index (χ1n) is 5.63. The van der Waals surface area contributed by atoms with E-state index >= 15 is 0 Å².